The highest BCUT2D eigenvalue weighted by molar-refractivity contribution is 5.91. The van der Waals surface area contributed by atoms with Gasteiger partial charge in [-0.2, -0.15) is 0 Å². The van der Waals surface area contributed by atoms with Gasteiger partial charge in [0, 0.05) is 31.9 Å². The molecule has 0 saturated carbocycles. The van der Waals surface area contributed by atoms with Gasteiger partial charge in [-0.05, 0) is 38.7 Å². The van der Waals surface area contributed by atoms with Gasteiger partial charge in [0.15, 0.2) is 5.76 Å². The first-order chi connectivity index (χ1) is 10.7. The van der Waals surface area contributed by atoms with Crippen molar-refractivity contribution >= 4 is 5.91 Å². The van der Waals surface area contributed by atoms with Crippen molar-refractivity contribution in [3.8, 4) is 5.95 Å². The Labute approximate surface area is 130 Å². The van der Waals surface area contributed by atoms with Crippen LogP contribution in [0.4, 0.5) is 0 Å². The highest BCUT2D eigenvalue weighted by Crippen LogP contribution is 2.34. The molecule has 122 valence electrons. The molecular formula is C16H23NO5. The van der Waals surface area contributed by atoms with Crippen LogP contribution in [0.15, 0.2) is 16.5 Å². The first-order valence-electron chi connectivity index (χ1n) is 7.96. The Kier molecular flexibility index (Phi) is 4.69. The van der Waals surface area contributed by atoms with Gasteiger partial charge < -0.3 is 23.9 Å². The second-order valence-electron chi connectivity index (χ2n) is 5.86. The van der Waals surface area contributed by atoms with E-state index in [2.05, 4.69) is 5.32 Å². The average Bonchev–Trinajstić information content (AvgIpc) is 2.97. The Bertz CT molecular complexity index is 501. The normalized spacial score (nSPS) is 24.1. The maximum Gasteiger partial charge on any atom is 0.287 e. The maximum absolute atomic E-state index is 12.3. The minimum Gasteiger partial charge on any atom is -0.465 e. The molecule has 22 heavy (non-hydrogen) atoms. The zero-order valence-corrected chi connectivity index (χ0v) is 12.9. The molecule has 6 nitrogen and oxygen atoms in total. The monoisotopic (exact) mass is 309 g/mol. The highest BCUT2D eigenvalue weighted by Gasteiger charge is 2.39. The van der Waals surface area contributed by atoms with Crippen LogP contribution in [0.25, 0.3) is 0 Å². The van der Waals surface area contributed by atoms with E-state index in [0.717, 1.165) is 38.9 Å². The molecule has 3 rings (SSSR count). The van der Waals surface area contributed by atoms with Crippen molar-refractivity contribution in [2.24, 2.45) is 0 Å². The molecule has 1 spiro atoms. The topological polar surface area (TPSA) is 69.9 Å². The summed E-state index contributed by atoms with van der Waals surface area (Å²) in [6.45, 7) is 4.52. The number of amides is 1. The molecule has 0 radical (unpaired) electrons. The maximum atomic E-state index is 12.3. The lowest BCUT2D eigenvalue weighted by molar-refractivity contribution is -0.139. The molecule has 0 aliphatic carbocycles. The Morgan fingerprint density at radius 1 is 1.36 bits per heavy atom. The van der Waals surface area contributed by atoms with Crippen molar-refractivity contribution < 1.29 is 23.4 Å². The third kappa shape index (κ3) is 3.44. The number of carbonyl (C=O) groups is 1. The predicted octanol–water partition coefficient (Wildman–Crippen LogP) is 2.14. The number of ether oxygens (including phenoxy) is 3. The fraction of sp³-hybridized carbons (Fsp3) is 0.688. The summed E-state index contributed by atoms with van der Waals surface area (Å²) in [5, 5.41) is 3.05. The van der Waals surface area contributed by atoms with Gasteiger partial charge in [-0.3, -0.25) is 4.79 Å². The largest absolute Gasteiger partial charge is 0.465 e. The van der Waals surface area contributed by atoms with Gasteiger partial charge >= 0.3 is 0 Å². The van der Waals surface area contributed by atoms with Crippen molar-refractivity contribution in [3.05, 3.63) is 17.9 Å². The van der Waals surface area contributed by atoms with E-state index in [1.165, 1.54) is 0 Å². The molecule has 6 heteroatoms. The van der Waals surface area contributed by atoms with Crippen molar-refractivity contribution in [3.63, 3.8) is 0 Å². The zero-order valence-electron chi connectivity index (χ0n) is 12.9. The summed E-state index contributed by atoms with van der Waals surface area (Å²) in [4.78, 5) is 12.3. The second-order valence-corrected chi connectivity index (χ2v) is 5.86. The van der Waals surface area contributed by atoms with Gasteiger partial charge in [0.25, 0.3) is 11.9 Å². The van der Waals surface area contributed by atoms with Crippen LogP contribution in [0.3, 0.4) is 0 Å². The van der Waals surface area contributed by atoms with Crippen LogP contribution in [0.2, 0.25) is 0 Å². The Morgan fingerprint density at radius 2 is 2.18 bits per heavy atom. The van der Waals surface area contributed by atoms with Gasteiger partial charge in [0.1, 0.15) is 0 Å². The summed E-state index contributed by atoms with van der Waals surface area (Å²) in [5.41, 5.74) is -0.131. The first-order valence-corrected chi connectivity index (χ1v) is 7.96. The van der Waals surface area contributed by atoms with E-state index in [9.17, 15) is 4.79 Å². The predicted molar refractivity (Wildman–Crippen MR) is 79.1 cm³/mol. The first kappa shape index (κ1) is 15.4. The molecule has 3 heterocycles. The summed E-state index contributed by atoms with van der Waals surface area (Å²) in [6, 6.07) is 3.42. The van der Waals surface area contributed by atoms with Gasteiger partial charge in [-0.1, -0.05) is 0 Å². The number of nitrogens with one attached hydrogen (secondary N) is 1. The lowest BCUT2D eigenvalue weighted by Crippen LogP contribution is -2.51. The Balaban J connectivity index is 1.58. The molecular weight excluding hydrogens is 286 g/mol. The Morgan fingerprint density at radius 3 is 2.95 bits per heavy atom. The van der Waals surface area contributed by atoms with E-state index in [4.69, 9.17) is 18.6 Å². The van der Waals surface area contributed by atoms with Gasteiger partial charge in [0.05, 0.1) is 12.2 Å². The Hall–Kier alpha value is -1.53. The summed E-state index contributed by atoms with van der Waals surface area (Å²) in [5.74, 6) is 0.469. The van der Waals surface area contributed by atoms with E-state index < -0.39 is 0 Å². The van der Waals surface area contributed by atoms with Crippen molar-refractivity contribution in [1.82, 2.24) is 5.32 Å². The highest BCUT2D eigenvalue weighted by atomic mass is 16.6. The van der Waals surface area contributed by atoms with Gasteiger partial charge in [0.2, 0.25) is 0 Å². The van der Waals surface area contributed by atoms with Crippen LogP contribution in [0, 0.1) is 0 Å². The SMILES string of the molecule is CCOc1ccc(C(=O)N[C@H]2CCOC3(CCOCC3)C2)o1. The molecule has 1 atom stereocenters. The summed E-state index contributed by atoms with van der Waals surface area (Å²) in [7, 11) is 0. The molecule has 1 N–H and O–H groups in total. The minimum absolute atomic E-state index is 0.111. The molecule has 0 unspecified atom stereocenters. The quantitative estimate of drug-likeness (QED) is 0.922. The fourth-order valence-corrected chi connectivity index (χ4v) is 3.16. The van der Waals surface area contributed by atoms with Gasteiger partial charge in [-0.25, -0.2) is 0 Å². The minimum atomic E-state index is -0.194. The molecule has 2 saturated heterocycles. The number of carbonyl (C=O) groups excluding carboxylic acids is 1. The second kappa shape index (κ2) is 6.71. The number of hydrogen-bond acceptors (Lipinski definition) is 5. The lowest BCUT2D eigenvalue weighted by Gasteiger charge is -2.43. The molecule has 1 aromatic rings. The van der Waals surface area contributed by atoms with E-state index in [0.29, 0.717) is 19.2 Å². The van der Waals surface area contributed by atoms with Crippen molar-refractivity contribution in [1.29, 1.82) is 0 Å². The summed E-state index contributed by atoms with van der Waals surface area (Å²) >= 11 is 0. The smallest absolute Gasteiger partial charge is 0.287 e. The van der Waals surface area contributed by atoms with Crippen LogP contribution >= 0.6 is 0 Å². The third-order valence-corrected chi connectivity index (χ3v) is 4.32. The van der Waals surface area contributed by atoms with Gasteiger partial charge in [-0.15, -0.1) is 0 Å². The fourth-order valence-electron chi connectivity index (χ4n) is 3.16. The summed E-state index contributed by atoms with van der Waals surface area (Å²) in [6.07, 6.45) is 3.46. The molecule has 2 aliphatic rings. The van der Waals surface area contributed by atoms with Crippen LogP contribution in [-0.4, -0.2) is 44.0 Å². The lowest BCUT2D eigenvalue weighted by atomic mass is 9.84. The van der Waals surface area contributed by atoms with E-state index >= 15 is 0 Å². The number of hydrogen-bond donors (Lipinski definition) is 1. The van der Waals surface area contributed by atoms with E-state index in [1.807, 2.05) is 6.92 Å². The van der Waals surface area contributed by atoms with Crippen molar-refractivity contribution in [2.45, 2.75) is 44.2 Å². The molecule has 0 aromatic carbocycles. The van der Waals surface area contributed by atoms with Crippen molar-refractivity contribution in [2.75, 3.05) is 26.4 Å². The number of furan rings is 1. The van der Waals surface area contributed by atoms with E-state index in [1.54, 1.807) is 12.1 Å². The molecule has 2 aliphatic heterocycles. The van der Waals surface area contributed by atoms with Crippen LogP contribution < -0.4 is 10.1 Å². The average molecular weight is 309 g/mol. The molecule has 0 bridgehead atoms. The van der Waals surface area contributed by atoms with Crippen LogP contribution in [-0.2, 0) is 9.47 Å². The number of rotatable bonds is 4. The van der Waals surface area contributed by atoms with Crippen LogP contribution in [0.5, 0.6) is 5.95 Å². The molecule has 1 aromatic heterocycles. The van der Waals surface area contributed by atoms with E-state index in [-0.39, 0.29) is 23.3 Å². The summed E-state index contributed by atoms with van der Waals surface area (Å²) < 4.78 is 22.0. The third-order valence-electron chi connectivity index (χ3n) is 4.32. The standard InChI is InChI=1S/C16H23NO5/c1-2-20-14-4-3-13(22-14)15(18)17-12-5-8-21-16(11-12)6-9-19-10-7-16/h3-4,12H,2,5-11H2,1H3,(H,17,18)/t12-/m0/s1. The van der Waals surface area contributed by atoms with Crippen LogP contribution in [0.1, 0.15) is 43.2 Å². The molecule has 1 amide bonds. The zero-order chi connectivity index (χ0) is 15.4. The molecule has 2 fully saturated rings.